The highest BCUT2D eigenvalue weighted by Crippen LogP contribution is 2.46. The molecule has 4 heteroatoms. The molecule has 0 aliphatic carbocycles. The van der Waals surface area contributed by atoms with E-state index in [4.69, 9.17) is 11.6 Å². The quantitative estimate of drug-likeness (QED) is 0.615. The molecule has 0 bridgehead atoms. The van der Waals surface area contributed by atoms with E-state index in [1.807, 2.05) is 24.3 Å². The lowest BCUT2D eigenvalue weighted by atomic mass is 9.89. The van der Waals surface area contributed by atoms with Crippen LogP contribution in [0.1, 0.15) is 28.3 Å². The van der Waals surface area contributed by atoms with E-state index < -0.39 is 0 Å². The number of carbonyl (C=O) groups is 1. The number of aryl methyl sites for hydroxylation is 1. The highest BCUT2D eigenvalue weighted by Gasteiger charge is 2.30. The fourth-order valence-corrected chi connectivity index (χ4v) is 4.42. The first-order valence-electron chi connectivity index (χ1n) is 7.85. The first-order chi connectivity index (χ1) is 11.6. The third-order valence-electron chi connectivity index (χ3n) is 4.42. The van der Waals surface area contributed by atoms with Gasteiger partial charge in [0.25, 0.3) is 0 Å². The summed E-state index contributed by atoms with van der Waals surface area (Å²) in [4.78, 5) is 13.5. The Morgan fingerprint density at radius 2 is 1.79 bits per heavy atom. The highest BCUT2D eigenvalue weighted by molar-refractivity contribution is 7.11. The third kappa shape index (κ3) is 2.74. The Morgan fingerprint density at radius 3 is 2.50 bits per heavy atom. The fourth-order valence-electron chi connectivity index (χ4n) is 3.14. The number of benzene rings is 2. The van der Waals surface area contributed by atoms with Crippen molar-refractivity contribution in [1.29, 1.82) is 0 Å². The molecular weight excluding hydrogens is 338 g/mol. The Balaban J connectivity index is 1.80. The molecular formula is C20H16ClNOS. The van der Waals surface area contributed by atoms with Crippen LogP contribution in [0.15, 0.2) is 53.9 Å². The predicted octanol–water partition coefficient (Wildman–Crippen LogP) is 5.85. The van der Waals surface area contributed by atoms with Gasteiger partial charge in [0.15, 0.2) is 0 Å². The Labute approximate surface area is 150 Å². The van der Waals surface area contributed by atoms with E-state index in [2.05, 4.69) is 41.9 Å². The van der Waals surface area contributed by atoms with E-state index in [9.17, 15) is 4.79 Å². The molecule has 0 saturated heterocycles. The minimum Gasteiger partial charge on any atom is -0.325 e. The van der Waals surface area contributed by atoms with Crippen molar-refractivity contribution >= 4 is 34.5 Å². The molecule has 0 radical (unpaired) electrons. The van der Waals surface area contributed by atoms with Crippen LogP contribution in [-0.2, 0) is 4.79 Å². The van der Waals surface area contributed by atoms with Crippen LogP contribution in [0, 0.1) is 6.92 Å². The van der Waals surface area contributed by atoms with Crippen LogP contribution in [0.5, 0.6) is 0 Å². The van der Waals surface area contributed by atoms with Crippen LogP contribution in [0.25, 0.3) is 11.1 Å². The lowest BCUT2D eigenvalue weighted by molar-refractivity contribution is -0.116. The molecule has 0 unspecified atom stereocenters. The number of amides is 1. The summed E-state index contributed by atoms with van der Waals surface area (Å²) < 4.78 is 0. The summed E-state index contributed by atoms with van der Waals surface area (Å²) in [5.74, 6) is 0.196. The van der Waals surface area contributed by atoms with Gasteiger partial charge in [-0.15, -0.1) is 11.3 Å². The Kier molecular flexibility index (Phi) is 3.91. The number of rotatable bonds is 2. The zero-order valence-electron chi connectivity index (χ0n) is 13.2. The number of hydrogen-bond acceptors (Lipinski definition) is 2. The van der Waals surface area contributed by atoms with E-state index in [-0.39, 0.29) is 11.8 Å². The molecule has 1 amide bonds. The molecule has 0 saturated carbocycles. The zero-order valence-corrected chi connectivity index (χ0v) is 14.7. The molecule has 1 aromatic heterocycles. The molecule has 1 atom stereocenters. The first kappa shape index (κ1) is 15.4. The van der Waals surface area contributed by atoms with Gasteiger partial charge in [0.05, 0.1) is 5.69 Å². The molecule has 3 aromatic rings. The minimum atomic E-state index is 0.0710. The summed E-state index contributed by atoms with van der Waals surface area (Å²) >= 11 is 7.70. The predicted molar refractivity (Wildman–Crippen MR) is 101 cm³/mol. The van der Waals surface area contributed by atoms with Crippen LogP contribution < -0.4 is 5.32 Å². The normalized spacial score (nSPS) is 16.6. The molecule has 120 valence electrons. The molecule has 1 aliphatic rings. The molecule has 2 aromatic carbocycles. The SMILES string of the molecule is Cc1ccc([C@@H]2CC(=O)Nc3c(-c4ccc(Cl)cc4)csc32)cc1. The highest BCUT2D eigenvalue weighted by atomic mass is 35.5. The molecule has 0 fully saturated rings. The first-order valence-corrected chi connectivity index (χ1v) is 9.11. The van der Waals surface area contributed by atoms with Gasteiger partial charge in [-0.2, -0.15) is 0 Å². The number of halogens is 1. The number of nitrogens with one attached hydrogen (secondary N) is 1. The molecule has 1 aliphatic heterocycles. The van der Waals surface area contributed by atoms with Gasteiger partial charge in [0, 0.05) is 33.2 Å². The van der Waals surface area contributed by atoms with Crippen LogP contribution in [0.4, 0.5) is 5.69 Å². The molecule has 1 N–H and O–H groups in total. The second-order valence-corrected chi connectivity index (χ2v) is 7.46. The topological polar surface area (TPSA) is 29.1 Å². The van der Waals surface area contributed by atoms with Crippen LogP contribution in [0.2, 0.25) is 5.02 Å². The third-order valence-corrected chi connectivity index (χ3v) is 5.77. The van der Waals surface area contributed by atoms with Gasteiger partial charge in [-0.3, -0.25) is 4.79 Å². The number of anilines is 1. The zero-order chi connectivity index (χ0) is 16.7. The van der Waals surface area contributed by atoms with Crippen molar-refractivity contribution < 1.29 is 4.79 Å². The number of thiophene rings is 1. The van der Waals surface area contributed by atoms with Crippen LogP contribution in [-0.4, -0.2) is 5.91 Å². The van der Waals surface area contributed by atoms with Crippen molar-refractivity contribution in [2.75, 3.05) is 5.32 Å². The maximum Gasteiger partial charge on any atom is 0.225 e. The lowest BCUT2D eigenvalue weighted by Gasteiger charge is -2.24. The average molecular weight is 354 g/mol. The summed E-state index contributed by atoms with van der Waals surface area (Å²) in [6.07, 6.45) is 0.497. The van der Waals surface area contributed by atoms with Crippen molar-refractivity contribution in [2.45, 2.75) is 19.3 Å². The van der Waals surface area contributed by atoms with Crippen LogP contribution in [0.3, 0.4) is 0 Å². The van der Waals surface area contributed by atoms with Crippen molar-refractivity contribution in [1.82, 2.24) is 0 Å². The summed E-state index contributed by atoms with van der Waals surface area (Å²) in [5.41, 5.74) is 5.51. The van der Waals surface area contributed by atoms with Crippen molar-refractivity contribution in [3.05, 3.63) is 74.9 Å². The van der Waals surface area contributed by atoms with E-state index >= 15 is 0 Å². The maximum atomic E-state index is 12.3. The molecule has 4 rings (SSSR count). The standard InChI is InChI=1S/C20H16ClNOS/c1-12-2-4-13(5-3-12)16-10-18(23)22-19-17(11-24-20(16)19)14-6-8-15(21)9-7-14/h2-9,11,16H,10H2,1H3,(H,22,23)/t16-/m0/s1. The van der Waals surface area contributed by atoms with Crippen LogP contribution >= 0.6 is 22.9 Å². The van der Waals surface area contributed by atoms with Gasteiger partial charge >= 0.3 is 0 Å². The monoisotopic (exact) mass is 353 g/mol. The maximum absolute atomic E-state index is 12.3. The minimum absolute atomic E-state index is 0.0710. The average Bonchev–Trinajstić information content (AvgIpc) is 2.99. The summed E-state index contributed by atoms with van der Waals surface area (Å²) in [5, 5.41) is 5.91. The number of carbonyl (C=O) groups excluding carboxylic acids is 1. The van der Waals surface area contributed by atoms with Gasteiger partial charge in [-0.1, -0.05) is 53.6 Å². The van der Waals surface area contributed by atoms with Gasteiger partial charge in [-0.05, 0) is 30.2 Å². The van der Waals surface area contributed by atoms with Crippen molar-refractivity contribution in [3.8, 4) is 11.1 Å². The van der Waals surface area contributed by atoms with E-state index in [1.54, 1.807) is 11.3 Å². The van der Waals surface area contributed by atoms with Gasteiger partial charge < -0.3 is 5.32 Å². The van der Waals surface area contributed by atoms with Gasteiger partial charge in [-0.25, -0.2) is 0 Å². The molecule has 2 nitrogen and oxygen atoms in total. The second-order valence-electron chi connectivity index (χ2n) is 6.11. The summed E-state index contributed by atoms with van der Waals surface area (Å²) in [6.45, 7) is 2.08. The number of hydrogen-bond donors (Lipinski definition) is 1. The molecule has 2 heterocycles. The summed E-state index contributed by atoms with van der Waals surface area (Å²) in [6, 6.07) is 16.2. The van der Waals surface area contributed by atoms with E-state index in [0.717, 1.165) is 16.8 Å². The van der Waals surface area contributed by atoms with Gasteiger partial charge in [0.2, 0.25) is 5.91 Å². The number of fused-ring (bicyclic) bond motifs is 1. The second kappa shape index (κ2) is 6.08. The smallest absolute Gasteiger partial charge is 0.225 e. The summed E-state index contributed by atoms with van der Waals surface area (Å²) in [7, 11) is 0. The van der Waals surface area contributed by atoms with Gasteiger partial charge in [0.1, 0.15) is 0 Å². The van der Waals surface area contributed by atoms with E-state index in [0.29, 0.717) is 11.4 Å². The Bertz CT molecular complexity index is 896. The van der Waals surface area contributed by atoms with Crippen molar-refractivity contribution in [3.63, 3.8) is 0 Å². The Morgan fingerprint density at radius 1 is 1.08 bits per heavy atom. The van der Waals surface area contributed by atoms with E-state index in [1.165, 1.54) is 16.0 Å². The molecule has 0 spiro atoms. The van der Waals surface area contributed by atoms with Crippen molar-refractivity contribution in [2.24, 2.45) is 0 Å². The molecule has 24 heavy (non-hydrogen) atoms. The largest absolute Gasteiger partial charge is 0.325 e. The Hall–Kier alpha value is -2.10. The fraction of sp³-hybridized carbons (Fsp3) is 0.150. The lowest BCUT2D eigenvalue weighted by Crippen LogP contribution is -2.22.